The van der Waals surface area contributed by atoms with Gasteiger partial charge >= 0.3 is 5.97 Å². The van der Waals surface area contributed by atoms with E-state index in [-0.39, 0.29) is 12.5 Å². The van der Waals surface area contributed by atoms with Gasteiger partial charge in [-0.25, -0.2) is 0 Å². The maximum Gasteiger partial charge on any atom is 0.303 e. The first-order chi connectivity index (χ1) is 9.61. The van der Waals surface area contributed by atoms with Gasteiger partial charge in [0.2, 0.25) is 0 Å². The van der Waals surface area contributed by atoms with Gasteiger partial charge in [-0.1, -0.05) is 6.07 Å². The molecular weight excluding hydrogens is 256 g/mol. The number of unbranched alkanes of at least 4 members (excludes halogenated alkanes) is 1. The van der Waals surface area contributed by atoms with Crippen LogP contribution in [0.4, 0.5) is 5.69 Å². The first kappa shape index (κ1) is 15.8. The Morgan fingerprint density at radius 2 is 2.35 bits per heavy atom. The summed E-state index contributed by atoms with van der Waals surface area (Å²) in [6.45, 7) is 2.47. The van der Waals surface area contributed by atoms with Crippen LogP contribution < -0.4 is 10.1 Å². The topological polar surface area (TPSA) is 82.3 Å². The van der Waals surface area contributed by atoms with Gasteiger partial charge in [0.05, 0.1) is 12.7 Å². The Morgan fingerprint density at radius 3 is 3.05 bits per heavy atom. The molecule has 1 aromatic rings. The number of carbonyl (C=O) groups is 1. The predicted molar refractivity (Wildman–Crippen MR) is 76.7 cm³/mol. The van der Waals surface area contributed by atoms with Gasteiger partial charge in [-0.15, -0.1) is 0 Å². The largest absolute Gasteiger partial charge is 0.493 e. The lowest BCUT2D eigenvalue weighted by Crippen LogP contribution is -2.16. The molecule has 0 spiro atoms. The van der Waals surface area contributed by atoms with Gasteiger partial charge in [0.1, 0.15) is 5.75 Å². The van der Waals surface area contributed by atoms with Gasteiger partial charge < -0.3 is 15.2 Å². The molecule has 108 valence electrons. The summed E-state index contributed by atoms with van der Waals surface area (Å²) in [5.41, 5.74) is 0.903. The van der Waals surface area contributed by atoms with Crippen LogP contribution in [0.15, 0.2) is 24.3 Å². The Morgan fingerprint density at radius 1 is 1.55 bits per heavy atom. The summed E-state index contributed by atoms with van der Waals surface area (Å²) in [5, 5.41) is 20.3. The van der Waals surface area contributed by atoms with E-state index in [2.05, 4.69) is 11.4 Å². The molecule has 1 atom stereocenters. The highest BCUT2D eigenvalue weighted by atomic mass is 16.5. The molecule has 0 aliphatic heterocycles. The van der Waals surface area contributed by atoms with Crippen LogP contribution in [0.25, 0.3) is 0 Å². The lowest BCUT2D eigenvalue weighted by Gasteiger charge is -2.15. The second-order valence-corrected chi connectivity index (χ2v) is 4.62. The van der Waals surface area contributed by atoms with E-state index in [1.807, 2.05) is 31.2 Å². The third kappa shape index (κ3) is 6.64. The molecule has 0 aliphatic rings. The summed E-state index contributed by atoms with van der Waals surface area (Å²) in [6, 6.07) is 9.69. The van der Waals surface area contributed by atoms with Crippen molar-refractivity contribution in [2.24, 2.45) is 0 Å². The number of carboxylic acids is 1. The number of carboxylic acid groups (broad SMARTS) is 1. The zero-order valence-corrected chi connectivity index (χ0v) is 11.6. The number of nitrogens with one attached hydrogen (secondary N) is 1. The monoisotopic (exact) mass is 276 g/mol. The molecule has 0 saturated heterocycles. The molecule has 0 radical (unpaired) electrons. The molecule has 0 aliphatic carbocycles. The molecule has 1 unspecified atom stereocenters. The minimum absolute atomic E-state index is 0.0833. The Balaban J connectivity index is 2.42. The van der Waals surface area contributed by atoms with Crippen molar-refractivity contribution in [3.8, 4) is 11.8 Å². The summed E-state index contributed by atoms with van der Waals surface area (Å²) >= 11 is 0. The Kier molecular flexibility index (Phi) is 6.97. The van der Waals surface area contributed by atoms with Crippen molar-refractivity contribution in [3.05, 3.63) is 24.3 Å². The Bertz CT molecular complexity index is 468. The number of ether oxygens (including phenoxy) is 1. The van der Waals surface area contributed by atoms with Gasteiger partial charge in [0, 0.05) is 30.6 Å². The molecule has 20 heavy (non-hydrogen) atoms. The van der Waals surface area contributed by atoms with Crippen LogP contribution >= 0.6 is 0 Å². The van der Waals surface area contributed by atoms with E-state index in [0.29, 0.717) is 25.9 Å². The number of benzene rings is 1. The number of nitriles is 1. The number of rotatable bonds is 9. The summed E-state index contributed by atoms with van der Waals surface area (Å²) in [6.07, 6.45) is 1.93. The first-order valence-electron chi connectivity index (χ1n) is 6.70. The molecule has 1 aromatic carbocycles. The molecule has 0 aromatic heterocycles. The molecular formula is C15H20N2O3. The number of hydrogen-bond acceptors (Lipinski definition) is 4. The fraction of sp³-hybridized carbons (Fsp3) is 0.467. The lowest BCUT2D eigenvalue weighted by atomic mass is 10.1. The number of anilines is 1. The van der Waals surface area contributed by atoms with Crippen LogP contribution in [0.5, 0.6) is 5.75 Å². The average Bonchev–Trinajstić information content (AvgIpc) is 2.42. The van der Waals surface area contributed by atoms with Gasteiger partial charge in [0.25, 0.3) is 0 Å². The normalized spacial score (nSPS) is 11.4. The van der Waals surface area contributed by atoms with E-state index in [0.717, 1.165) is 11.4 Å². The van der Waals surface area contributed by atoms with Crippen molar-refractivity contribution in [1.29, 1.82) is 5.26 Å². The molecule has 0 fully saturated rings. The van der Waals surface area contributed by atoms with E-state index in [9.17, 15) is 4.79 Å². The minimum atomic E-state index is -0.784. The molecule has 0 saturated carbocycles. The zero-order chi connectivity index (χ0) is 14.8. The first-order valence-corrected chi connectivity index (χ1v) is 6.70. The van der Waals surface area contributed by atoms with Crippen molar-refractivity contribution >= 4 is 11.7 Å². The van der Waals surface area contributed by atoms with E-state index in [1.54, 1.807) is 0 Å². The van der Waals surface area contributed by atoms with E-state index < -0.39 is 5.97 Å². The van der Waals surface area contributed by atoms with E-state index in [4.69, 9.17) is 15.1 Å². The molecule has 2 N–H and O–H groups in total. The molecule has 1 rings (SSSR count). The summed E-state index contributed by atoms with van der Waals surface area (Å²) in [4.78, 5) is 10.5. The molecule has 0 bridgehead atoms. The van der Waals surface area contributed by atoms with Crippen molar-refractivity contribution in [2.75, 3.05) is 11.9 Å². The number of nitrogens with zero attached hydrogens (tertiary/aromatic N) is 1. The highest BCUT2D eigenvalue weighted by Gasteiger charge is 2.06. The maximum absolute atomic E-state index is 10.5. The van der Waals surface area contributed by atoms with Crippen molar-refractivity contribution in [3.63, 3.8) is 0 Å². The van der Waals surface area contributed by atoms with Crippen LogP contribution in [0, 0.1) is 11.3 Å². The fourth-order valence-corrected chi connectivity index (χ4v) is 1.71. The zero-order valence-electron chi connectivity index (χ0n) is 11.6. The fourth-order valence-electron chi connectivity index (χ4n) is 1.71. The number of aliphatic carboxylic acids is 1. The highest BCUT2D eigenvalue weighted by molar-refractivity contribution is 5.66. The molecule has 0 heterocycles. The maximum atomic E-state index is 10.5. The highest BCUT2D eigenvalue weighted by Crippen LogP contribution is 2.19. The number of hydrogen-bond donors (Lipinski definition) is 2. The average molecular weight is 276 g/mol. The third-order valence-electron chi connectivity index (χ3n) is 2.74. The molecule has 5 nitrogen and oxygen atoms in total. The summed E-state index contributed by atoms with van der Waals surface area (Å²) < 4.78 is 5.54. The van der Waals surface area contributed by atoms with Crippen LogP contribution in [0.2, 0.25) is 0 Å². The van der Waals surface area contributed by atoms with Crippen LogP contribution in [-0.4, -0.2) is 23.7 Å². The molecule has 5 heteroatoms. The van der Waals surface area contributed by atoms with Crippen LogP contribution in [-0.2, 0) is 4.79 Å². The minimum Gasteiger partial charge on any atom is -0.493 e. The SMILES string of the molecule is CC(CCC(=O)O)Nc1cccc(OCCCC#N)c1. The second-order valence-electron chi connectivity index (χ2n) is 4.62. The second kappa shape index (κ2) is 8.81. The van der Waals surface area contributed by atoms with Crippen molar-refractivity contribution < 1.29 is 14.6 Å². The lowest BCUT2D eigenvalue weighted by molar-refractivity contribution is -0.137. The Hall–Kier alpha value is -2.22. The predicted octanol–water partition coefficient (Wildman–Crippen LogP) is 3.03. The van der Waals surface area contributed by atoms with Crippen molar-refractivity contribution in [1.82, 2.24) is 0 Å². The quantitative estimate of drug-likeness (QED) is 0.677. The standard InChI is InChI=1S/C15H20N2O3/c1-12(7-8-15(18)19)17-13-5-4-6-14(11-13)20-10-3-2-9-16/h4-6,11-12,17H,2-3,7-8,10H2,1H3,(H,18,19). The van der Waals surface area contributed by atoms with Crippen LogP contribution in [0.3, 0.4) is 0 Å². The van der Waals surface area contributed by atoms with Gasteiger partial charge in [-0.05, 0) is 31.9 Å². The molecule has 0 amide bonds. The van der Waals surface area contributed by atoms with Gasteiger partial charge in [-0.3, -0.25) is 4.79 Å². The van der Waals surface area contributed by atoms with Crippen LogP contribution in [0.1, 0.15) is 32.6 Å². The van der Waals surface area contributed by atoms with E-state index in [1.165, 1.54) is 0 Å². The smallest absolute Gasteiger partial charge is 0.303 e. The Labute approximate surface area is 119 Å². The van der Waals surface area contributed by atoms with Gasteiger partial charge in [-0.2, -0.15) is 5.26 Å². The summed E-state index contributed by atoms with van der Waals surface area (Å²) in [7, 11) is 0. The van der Waals surface area contributed by atoms with Crippen molar-refractivity contribution in [2.45, 2.75) is 38.6 Å². The van der Waals surface area contributed by atoms with Gasteiger partial charge in [0.15, 0.2) is 0 Å². The summed E-state index contributed by atoms with van der Waals surface area (Å²) in [5.74, 6) is -0.0356. The van der Waals surface area contributed by atoms with E-state index >= 15 is 0 Å². The third-order valence-corrected chi connectivity index (χ3v) is 2.74.